The first-order chi connectivity index (χ1) is 12.0. The number of halogens is 1. The van der Waals surface area contributed by atoms with Gasteiger partial charge in [0.25, 0.3) is 0 Å². The zero-order valence-electron chi connectivity index (χ0n) is 13.9. The summed E-state index contributed by atoms with van der Waals surface area (Å²) in [6.45, 7) is 1.25. The molecule has 0 bridgehead atoms. The van der Waals surface area contributed by atoms with Gasteiger partial charge in [-0.2, -0.15) is 4.31 Å². The van der Waals surface area contributed by atoms with Crippen LogP contribution in [0.1, 0.15) is 24.0 Å². The number of rotatable bonds is 3. The zero-order valence-corrected chi connectivity index (χ0v) is 14.8. The van der Waals surface area contributed by atoms with E-state index in [0.717, 1.165) is 19.3 Å². The molecule has 0 spiro atoms. The third kappa shape index (κ3) is 5.07. The van der Waals surface area contributed by atoms with Gasteiger partial charge in [-0.05, 0) is 60.9 Å². The number of nitrogens with zero attached hydrogens (tertiary/aromatic N) is 1. The molecule has 2 aromatic rings. The van der Waals surface area contributed by atoms with E-state index in [9.17, 15) is 13.5 Å². The van der Waals surface area contributed by atoms with Crippen molar-refractivity contribution >= 4 is 10.8 Å². The van der Waals surface area contributed by atoms with Gasteiger partial charge in [0.1, 0.15) is 5.82 Å². The van der Waals surface area contributed by atoms with E-state index in [4.69, 9.17) is 0 Å². The lowest BCUT2D eigenvalue weighted by molar-refractivity contribution is 0.255. The Bertz CT molecular complexity index is 745. The predicted octanol–water partition coefficient (Wildman–Crippen LogP) is 4.76. The van der Waals surface area contributed by atoms with Gasteiger partial charge in [0.05, 0.1) is 0 Å². The number of benzene rings is 2. The van der Waals surface area contributed by atoms with Crippen molar-refractivity contribution in [1.82, 2.24) is 4.31 Å². The van der Waals surface area contributed by atoms with E-state index in [0.29, 0.717) is 24.6 Å². The average Bonchev–Trinajstić information content (AvgIpc) is 2.63. The van der Waals surface area contributed by atoms with Gasteiger partial charge in [0.15, 0.2) is 0 Å². The molecule has 0 amide bonds. The molecule has 1 aliphatic heterocycles. The Morgan fingerprint density at radius 3 is 2.28 bits per heavy atom. The second-order valence-corrected chi connectivity index (χ2v) is 8.07. The molecular formula is C20H22FNO2S. The summed E-state index contributed by atoms with van der Waals surface area (Å²) < 4.78 is 35.3. The summed E-state index contributed by atoms with van der Waals surface area (Å²) in [6, 6.07) is 16.1. The fraction of sp³-hybridized carbons (Fsp3) is 0.300. The van der Waals surface area contributed by atoms with Crippen LogP contribution >= 0.6 is 10.8 Å². The van der Waals surface area contributed by atoms with Gasteiger partial charge in [0.2, 0.25) is 0 Å². The van der Waals surface area contributed by atoms with E-state index in [2.05, 4.69) is 23.3 Å². The maximum Gasteiger partial charge on any atom is 0.123 e. The van der Waals surface area contributed by atoms with Crippen molar-refractivity contribution in [2.75, 3.05) is 13.1 Å². The highest BCUT2D eigenvalue weighted by atomic mass is 32.3. The van der Waals surface area contributed by atoms with Crippen LogP contribution in [0.5, 0.6) is 0 Å². The molecule has 0 aromatic heterocycles. The molecule has 0 aliphatic carbocycles. The molecule has 25 heavy (non-hydrogen) atoms. The Hall–Kier alpha value is -1.84. The topological polar surface area (TPSA) is 43.7 Å². The summed E-state index contributed by atoms with van der Waals surface area (Å²) in [5, 5.41) is 2.58. The summed E-state index contributed by atoms with van der Waals surface area (Å²) >= 11 is 0. The van der Waals surface area contributed by atoms with E-state index < -0.39 is 10.8 Å². The first-order valence-corrected chi connectivity index (χ1v) is 9.89. The van der Waals surface area contributed by atoms with Crippen molar-refractivity contribution in [2.24, 2.45) is 5.92 Å². The van der Waals surface area contributed by atoms with Gasteiger partial charge in [-0.1, -0.05) is 41.1 Å². The molecule has 132 valence electrons. The molecule has 1 saturated heterocycles. The van der Waals surface area contributed by atoms with Crippen molar-refractivity contribution in [3.63, 3.8) is 0 Å². The molecule has 3 nitrogen and oxygen atoms in total. The maximum absolute atomic E-state index is 12.9. The van der Waals surface area contributed by atoms with Gasteiger partial charge in [-0.25, -0.2) is 4.39 Å². The Labute approximate surface area is 150 Å². The van der Waals surface area contributed by atoms with Crippen molar-refractivity contribution in [3.8, 4) is 11.2 Å². The summed E-state index contributed by atoms with van der Waals surface area (Å²) in [6.07, 6.45) is 2.86. The SMILES string of the molecule is OS(O)(C#Cc1ccc(F)cc1)N1CCC(Cc2ccccc2)CC1. The van der Waals surface area contributed by atoms with Crippen LogP contribution in [-0.2, 0) is 6.42 Å². The van der Waals surface area contributed by atoms with Crippen molar-refractivity contribution in [2.45, 2.75) is 19.3 Å². The van der Waals surface area contributed by atoms with E-state index >= 15 is 0 Å². The van der Waals surface area contributed by atoms with E-state index in [1.54, 1.807) is 4.31 Å². The Balaban J connectivity index is 1.57. The molecule has 2 aromatic carbocycles. The molecule has 3 rings (SSSR count). The monoisotopic (exact) mass is 359 g/mol. The molecule has 1 fully saturated rings. The Morgan fingerprint density at radius 1 is 1.00 bits per heavy atom. The number of hydrogen-bond donors (Lipinski definition) is 2. The fourth-order valence-corrected chi connectivity index (χ4v) is 4.14. The molecule has 0 saturated carbocycles. The van der Waals surface area contributed by atoms with Gasteiger partial charge < -0.3 is 0 Å². The van der Waals surface area contributed by atoms with Crippen LogP contribution in [0.4, 0.5) is 4.39 Å². The van der Waals surface area contributed by atoms with Crippen molar-refractivity contribution < 1.29 is 13.5 Å². The molecular weight excluding hydrogens is 337 g/mol. The van der Waals surface area contributed by atoms with Gasteiger partial charge >= 0.3 is 0 Å². The fourth-order valence-electron chi connectivity index (χ4n) is 3.04. The number of piperidine rings is 1. The smallest absolute Gasteiger partial charge is 0.123 e. The van der Waals surface area contributed by atoms with E-state index in [-0.39, 0.29) is 5.82 Å². The predicted molar refractivity (Wildman–Crippen MR) is 101 cm³/mol. The lowest BCUT2D eigenvalue weighted by atomic mass is 9.91. The molecule has 0 radical (unpaired) electrons. The first-order valence-electron chi connectivity index (χ1n) is 8.38. The molecule has 5 heteroatoms. The quantitative estimate of drug-likeness (QED) is 0.777. The van der Waals surface area contributed by atoms with Crippen LogP contribution in [0.3, 0.4) is 0 Å². The summed E-state index contributed by atoms with van der Waals surface area (Å²) in [5.74, 6) is 2.96. The van der Waals surface area contributed by atoms with Gasteiger partial charge in [-0.3, -0.25) is 9.11 Å². The largest absolute Gasteiger partial charge is 0.275 e. The van der Waals surface area contributed by atoms with Crippen molar-refractivity contribution in [1.29, 1.82) is 0 Å². The zero-order chi connectivity index (χ0) is 17.7. The van der Waals surface area contributed by atoms with E-state index in [1.807, 2.05) is 18.2 Å². The first kappa shape index (κ1) is 18.0. The molecule has 2 N–H and O–H groups in total. The van der Waals surface area contributed by atoms with Crippen LogP contribution in [0, 0.1) is 22.9 Å². The third-order valence-corrected chi connectivity index (χ3v) is 5.94. The second kappa shape index (κ2) is 8.03. The minimum absolute atomic E-state index is 0.336. The van der Waals surface area contributed by atoms with E-state index in [1.165, 1.54) is 29.8 Å². The Kier molecular flexibility index (Phi) is 5.77. The van der Waals surface area contributed by atoms with Crippen LogP contribution in [0.15, 0.2) is 54.6 Å². The average molecular weight is 359 g/mol. The minimum atomic E-state index is -3.11. The van der Waals surface area contributed by atoms with Gasteiger partial charge in [0, 0.05) is 23.9 Å². The lowest BCUT2D eigenvalue weighted by Gasteiger charge is -2.42. The minimum Gasteiger partial charge on any atom is -0.275 e. The standard InChI is InChI=1S/C20H22FNO2S/c21-20-8-6-17(7-9-20)12-15-25(23,24)22-13-10-19(11-14-22)16-18-4-2-1-3-5-18/h1-9,19,23-24H,10-11,13-14,16H2. The summed E-state index contributed by atoms with van der Waals surface area (Å²) in [5.41, 5.74) is 1.89. The highest BCUT2D eigenvalue weighted by molar-refractivity contribution is 8.26. The molecule has 0 unspecified atom stereocenters. The molecule has 1 heterocycles. The highest BCUT2D eigenvalue weighted by Gasteiger charge is 2.27. The van der Waals surface area contributed by atoms with Crippen LogP contribution in [0.2, 0.25) is 0 Å². The number of hydrogen-bond acceptors (Lipinski definition) is 3. The summed E-state index contributed by atoms with van der Waals surface area (Å²) in [7, 11) is -3.11. The third-order valence-electron chi connectivity index (χ3n) is 4.48. The normalized spacial score (nSPS) is 16.9. The second-order valence-electron chi connectivity index (χ2n) is 6.31. The van der Waals surface area contributed by atoms with Gasteiger partial charge in [-0.15, -0.1) is 0 Å². The Morgan fingerprint density at radius 2 is 1.64 bits per heavy atom. The van der Waals surface area contributed by atoms with Crippen molar-refractivity contribution in [3.05, 3.63) is 71.5 Å². The lowest BCUT2D eigenvalue weighted by Crippen LogP contribution is -2.35. The molecule has 0 atom stereocenters. The highest BCUT2D eigenvalue weighted by Crippen LogP contribution is 2.44. The van der Waals surface area contributed by atoms with Crippen LogP contribution in [0.25, 0.3) is 0 Å². The van der Waals surface area contributed by atoms with Crippen LogP contribution in [-0.4, -0.2) is 26.5 Å². The maximum atomic E-state index is 12.9. The van der Waals surface area contributed by atoms with Crippen LogP contribution < -0.4 is 0 Å². The molecule has 1 aliphatic rings. The summed E-state index contributed by atoms with van der Waals surface area (Å²) in [4.78, 5) is 0.